The van der Waals surface area contributed by atoms with Gasteiger partial charge in [0.15, 0.2) is 6.61 Å². The van der Waals surface area contributed by atoms with Gasteiger partial charge < -0.3 is 15.4 Å². The fourth-order valence-corrected chi connectivity index (χ4v) is 3.01. The van der Waals surface area contributed by atoms with E-state index >= 15 is 0 Å². The van der Waals surface area contributed by atoms with Gasteiger partial charge in [-0.05, 0) is 60.2 Å². The van der Waals surface area contributed by atoms with Gasteiger partial charge >= 0.3 is 11.8 Å². The number of anilines is 2. The number of nitrogens with zero attached hydrogens (tertiary/aromatic N) is 1. The standard InChI is InChI=1S/C23H17Cl3N4O4/c24-17-10-7-15(11-19(17)26)28-22(32)23(33)30-27-12-14-5-8-16(9-6-14)34-13-21(31)29-20-4-2-1-3-18(20)25/h1-12H,13H2,(H,28,32)(H,29,31)(H,30,33)/b27-12-. The van der Waals surface area contributed by atoms with E-state index < -0.39 is 11.8 Å². The molecule has 0 fully saturated rings. The summed E-state index contributed by atoms with van der Waals surface area (Å²) >= 11 is 17.7. The summed E-state index contributed by atoms with van der Waals surface area (Å²) in [5.74, 6) is -1.79. The number of nitrogens with one attached hydrogen (secondary N) is 3. The Morgan fingerprint density at radius 3 is 2.26 bits per heavy atom. The van der Waals surface area contributed by atoms with Crippen molar-refractivity contribution in [1.29, 1.82) is 0 Å². The first-order chi connectivity index (χ1) is 16.3. The Hall–Kier alpha value is -3.59. The molecule has 11 heteroatoms. The highest BCUT2D eigenvalue weighted by molar-refractivity contribution is 6.43. The predicted octanol–water partition coefficient (Wildman–Crippen LogP) is 4.75. The lowest BCUT2D eigenvalue weighted by atomic mass is 10.2. The zero-order valence-electron chi connectivity index (χ0n) is 17.3. The van der Waals surface area contributed by atoms with Gasteiger partial charge in [0.1, 0.15) is 5.75 Å². The van der Waals surface area contributed by atoms with Gasteiger partial charge in [0.2, 0.25) is 0 Å². The molecule has 0 bridgehead atoms. The fraction of sp³-hybridized carbons (Fsp3) is 0.0435. The molecule has 34 heavy (non-hydrogen) atoms. The zero-order chi connectivity index (χ0) is 24.5. The molecule has 0 unspecified atom stereocenters. The van der Waals surface area contributed by atoms with Crippen LogP contribution in [0.15, 0.2) is 71.8 Å². The Labute approximate surface area is 209 Å². The molecule has 0 aliphatic rings. The highest BCUT2D eigenvalue weighted by Gasteiger charge is 2.13. The second kappa shape index (κ2) is 12.0. The molecule has 0 saturated heterocycles. The number of hydrazone groups is 1. The van der Waals surface area contributed by atoms with Crippen LogP contribution in [-0.4, -0.2) is 30.5 Å². The van der Waals surface area contributed by atoms with Crippen LogP contribution < -0.4 is 20.8 Å². The smallest absolute Gasteiger partial charge is 0.329 e. The Morgan fingerprint density at radius 2 is 1.56 bits per heavy atom. The van der Waals surface area contributed by atoms with E-state index in [4.69, 9.17) is 39.5 Å². The largest absolute Gasteiger partial charge is 0.484 e. The average Bonchev–Trinajstić information content (AvgIpc) is 2.82. The van der Waals surface area contributed by atoms with E-state index in [1.54, 1.807) is 48.5 Å². The van der Waals surface area contributed by atoms with Crippen LogP contribution in [0.1, 0.15) is 5.56 Å². The van der Waals surface area contributed by atoms with Crippen molar-refractivity contribution in [2.75, 3.05) is 17.2 Å². The maximum Gasteiger partial charge on any atom is 0.329 e. The molecule has 0 spiro atoms. The number of hydrogen-bond acceptors (Lipinski definition) is 5. The van der Waals surface area contributed by atoms with E-state index in [-0.39, 0.29) is 17.5 Å². The number of amides is 3. The fourth-order valence-electron chi connectivity index (χ4n) is 2.53. The van der Waals surface area contributed by atoms with E-state index in [9.17, 15) is 14.4 Å². The average molecular weight is 520 g/mol. The Bertz CT molecular complexity index is 1230. The third-order valence-corrected chi connectivity index (χ3v) is 5.23. The van der Waals surface area contributed by atoms with Crippen LogP contribution in [0.4, 0.5) is 11.4 Å². The van der Waals surface area contributed by atoms with Crippen molar-refractivity contribution in [2.24, 2.45) is 5.10 Å². The molecule has 0 atom stereocenters. The minimum absolute atomic E-state index is 0.206. The highest BCUT2D eigenvalue weighted by Crippen LogP contribution is 2.25. The maximum atomic E-state index is 12.0. The first kappa shape index (κ1) is 25.0. The Kier molecular flexibility index (Phi) is 8.86. The molecule has 8 nitrogen and oxygen atoms in total. The summed E-state index contributed by atoms with van der Waals surface area (Å²) in [5.41, 5.74) is 3.56. The van der Waals surface area contributed by atoms with E-state index in [0.717, 1.165) is 0 Å². The van der Waals surface area contributed by atoms with Crippen molar-refractivity contribution in [3.63, 3.8) is 0 Å². The van der Waals surface area contributed by atoms with Gasteiger partial charge in [0.05, 0.1) is 27.0 Å². The number of benzene rings is 3. The molecule has 174 valence electrons. The van der Waals surface area contributed by atoms with Crippen LogP contribution in [0.2, 0.25) is 15.1 Å². The van der Waals surface area contributed by atoms with Gasteiger partial charge in [0, 0.05) is 5.69 Å². The van der Waals surface area contributed by atoms with Crippen molar-refractivity contribution in [3.8, 4) is 5.75 Å². The Balaban J connectivity index is 1.44. The van der Waals surface area contributed by atoms with Gasteiger partial charge in [-0.3, -0.25) is 14.4 Å². The zero-order valence-corrected chi connectivity index (χ0v) is 19.6. The first-order valence-corrected chi connectivity index (χ1v) is 10.8. The minimum Gasteiger partial charge on any atom is -0.484 e. The van der Waals surface area contributed by atoms with Crippen LogP contribution in [0.3, 0.4) is 0 Å². The van der Waals surface area contributed by atoms with E-state index in [2.05, 4.69) is 21.2 Å². The molecule has 0 aliphatic heterocycles. The lowest BCUT2D eigenvalue weighted by Gasteiger charge is -2.08. The number of carbonyl (C=O) groups is 3. The summed E-state index contributed by atoms with van der Waals surface area (Å²) in [4.78, 5) is 35.8. The summed E-state index contributed by atoms with van der Waals surface area (Å²) < 4.78 is 5.44. The van der Waals surface area contributed by atoms with Crippen molar-refractivity contribution >= 4 is 70.1 Å². The molecule has 3 rings (SSSR count). The highest BCUT2D eigenvalue weighted by atomic mass is 35.5. The molecule has 0 saturated carbocycles. The topological polar surface area (TPSA) is 109 Å². The molecule has 0 aliphatic carbocycles. The van der Waals surface area contributed by atoms with Crippen LogP contribution in [-0.2, 0) is 14.4 Å². The molecule has 3 N–H and O–H groups in total. The van der Waals surface area contributed by atoms with Gasteiger partial charge in [-0.15, -0.1) is 0 Å². The summed E-state index contributed by atoms with van der Waals surface area (Å²) in [7, 11) is 0. The van der Waals surface area contributed by atoms with Crippen molar-refractivity contribution in [1.82, 2.24) is 5.43 Å². The summed E-state index contributed by atoms with van der Waals surface area (Å²) in [6.07, 6.45) is 1.35. The van der Waals surface area contributed by atoms with E-state index in [0.29, 0.717) is 32.7 Å². The van der Waals surface area contributed by atoms with Crippen molar-refractivity contribution in [2.45, 2.75) is 0 Å². The number of rotatable bonds is 7. The second-order valence-electron chi connectivity index (χ2n) is 6.67. The minimum atomic E-state index is -0.966. The summed E-state index contributed by atoms with van der Waals surface area (Å²) in [6, 6.07) is 17.9. The normalized spacial score (nSPS) is 10.6. The number of carbonyl (C=O) groups excluding carboxylic acids is 3. The molecule has 0 radical (unpaired) electrons. The number of halogens is 3. The Morgan fingerprint density at radius 1 is 0.824 bits per heavy atom. The quantitative estimate of drug-likeness (QED) is 0.238. The predicted molar refractivity (Wildman–Crippen MR) is 133 cm³/mol. The van der Waals surface area contributed by atoms with Gasteiger partial charge in [-0.1, -0.05) is 46.9 Å². The van der Waals surface area contributed by atoms with E-state index in [1.165, 1.54) is 24.4 Å². The van der Waals surface area contributed by atoms with E-state index in [1.807, 2.05) is 0 Å². The van der Waals surface area contributed by atoms with Gasteiger partial charge in [-0.25, -0.2) is 5.43 Å². The third kappa shape index (κ3) is 7.48. The van der Waals surface area contributed by atoms with Gasteiger partial charge in [-0.2, -0.15) is 5.10 Å². The number of para-hydroxylation sites is 1. The van der Waals surface area contributed by atoms with Crippen molar-refractivity contribution < 1.29 is 19.1 Å². The van der Waals surface area contributed by atoms with Crippen LogP contribution >= 0.6 is 34.8 Å². The molecule has 3 aromatic carbocycles. The lowest BCUT2D eigenvalue weighted by Crippen LogP contribution is -2.32. The molecular weight excluding hydrogens is 503 g/mol. The van der Waals surface area contributed by atoms with Crippen LogP contribution in [0.5, 0.6) is 5.75 Å². The molecular formula is C23H17Cl3N4O4. The number of hydrogen-bond donors (Lipinski definition) is 3. The molecule has 3 aromatic rings. The molecule has 3 amide bonds. The second-order valence-corrected chi connectivity index (χ2v) is 7.89. The third-order valence-electron chi connectivity index (χ3n) is 4.16. The molecule has 0 heterocycles. The van der Waals surface area contributed by atoms with Crippen molar-refractivity contribution in [3.05, 3.63) is 87.4 Å². The number of ether oxygens (including phenoxy) is 1. The SMILES string of the molecule is O=C(COc1ccc(/C=N\NC(=O)C(=O)Nc2ccc(Cl)c(Cl)c2)cc1)Nc1ccccc1Cl. The molecule has 0 aromatic heterocycles. The van der Waals surface area contributed by atoms with Crippen LogP contribution in [0.25, 0.3) is 0 Å². The lowest BCUT2D eigenvalue weighted by molar-refractivity contribution is -0.136. The first-order valence-electron chi connectivity index (χ1n) is 9.68. The summed E-state index contributed by atoms with van der Waals surface area (Å²) in [5, 5.41) is 9.78. The maximum absolute atomic E-state index is 12.0. The monoisotopic (exact) mass is 518 g/mol. The van der Waals surface area contributed by atoms with Crippen LogP contribution in [0, 0.1) is 0 Å². The van der Waals surface area contributed by atoms with Gasteiger partial charge in [0.25, 0.3) is 5.91 Å². The summed E-state index contributed by atoms with van der Waals surface area (Å²) in [6.45, 7) is -0.206.